The zero-order chi connectivity index (χ0) is 16.4. The fourth-order valence-corrected chi connectivity index (χ4v) is 3.74. The number of nitrogens with zero attached hydrogens (tertiary/aromatic N) is 4. The standard InChI is InChI=1S/C16H26N6S/c1-11(2)22-8-12(3)14(10-22)20-15(17-4)18-7-13-9-21-5-6-23-16(21)19-13/h5-6,9,11-12,14H,7-8,10H2,1-4H3,(H2,17,18,20). The maximum absolute atomic E-state index is 4.59. The molecule has 2 aromatic rings. The van der Waals surface area contributed by atoms with E-state index in [2.05, 4.69) is 56.9 Å². The number of aliphatic imine (C=N–C) groups is 1. The van der Waals surface area contributed by atoms with Crippen molar-refractivity contribution in [3.63, 3.8) is 0 Å². The maximum atomic E-state index is 4.59. The van der Waals surface area contributed by atoms with Crippen LogP contribution in [0.3, 0.4) is 0 Å². The van der Waals surface area contributed by atoms with Gasteiger partial charge in [0.15, 0.2) is 10.9 Å². The van der Waals surface area contributed by atoms with Gasteiger partial charge in [-0.1, -0.05) is 6.92 Å². The van der Waals surface area contributed by atoms with Gasteiger partial charge in [0.05, 0.1) is 12.2 Å². The Hall–Kier alpha value is -1.60. The minimum Gasteiger partial charge on any atom is -0.352 e. The third-order valence-corrected chi connectivity index (χ3v) is 5.27. The van der Waals surface area contributed by atoms with Crippen LogP contribution in [0.25, 0.3) is 4.96 Å². The summed E-state index contributed by atoms with van der Waals surface area (Å²) in [6.07, 6.45) is 4.09. The highest BCUT2D eigenvalue weighted by Crippen LogP contribution is 2.18. The Morgan fingerprint density at radius 3 is 2.96 bits per heavy atom. The maximum Gasteiger partial charge on any atom is 0.193 e. The largest absolute Gasteiger partial charge is 0.352 e. The Bertz CT molecular complexity index is 644. The number of thiazole rings is 1. The first-order chi connectivity index (χ1) is 11.1. The van der Waals surface area contributed by atoms with Crippen molar-refractivity contribution in [1.82, 2.24) is 24.9 Å². The number of hydrogen-bond donors (Lipinski definition) is 2. The Balaban J connectivity index is 1.55. The molecule has 0 spiro atoms. The van der Waals surface area contributed by atoms with Crippen molar-refractivity contribution in [3.05, 3.63) is 23.5 Å². The molecule has 2 aromatic heterocycles. The molecule has 23 heavy (non-hydrogen) atoms. The Morgan fingerprint density at radius 1 is 1.48 bits per heavy atom. The number of hydrogen-bond acceptors (Lipinski definition) is 4. The van der Waals surface area contributed by atoms with Crippen LogP contribution >= 0.6 is 11.3 Å². The predicted molar refractivity (Wildman–Crippen MR) is 96.1 cm³/mol. The minimum atomic E-state index is 0.439. The van der Waals surface area contributed by atoms with E-state index in [-0.39, 0.29) is 0 Å². The van der Waals surface area contributed by atoms with E-state index in [0.717, 1.165) is 29.7 Å². The zero-order valence-corrected chi connectivity index (χ0v) is 15.1. The topological polar surface area (TPSA) is 57.0 Å². The van der Waals surface area contributed by atoms with E-state index in [1.807, 2.05) is 18.6 Å². The average molecular weight is 334 g/mol. The highest BCUT2D eigenvalue weighted by Gasteiger charge is 2.31. The molecule has 126 valence electrons. The molecule has 1 aliphatic heterocycles. The lowest BCUT2D eigenvalue weighted by molar-refractivity contribution is 0.265. The molecule has 1 aliphatic rings. The van der Waals surface area contributed by atoms with Crippen molar-refractivity contribution in [2.45, 2.75) is 39.4 Å². The average Bonchev–Trinajstić information content (AvgIpc) is 3.18. The van der Waals surface area contributed by atoms with Crippen LogP contribution in [0.2, 0.25) is 0 Å². The van der Waals surface area contributed by atoms with Gasteiger partial charge in [-0.25, -0.2) is 4.98 Å². The van der Waals surface area contributed by atoms with Gasteiger partial charge in [0, 0.05) is 50.0 Å². The predicted octanol–water partition coefficient (Wildman–Crippen LogP) is 1.79. The van der Waals surface area contributed by atoms with Gasteiger partial charge in [-0.15, -0.1) is 11.3 Å². The van der Waals surface area contributed by atoms with E-state index in [4.69, 9.17) is 0 Å². The second kappa shape index (κ2) is 6.88. The first kappa shape index (κ1) is 16.3. The van der Waals surface area contributed by atoms with Crippen molar-refractivity contribution >= 4 is 22.3 Å². The quantitative estimate of drug-likeness (QED) is 0.661. The number of aromatic nitrogens is 2. The van der Waals surface area contributed by atoms with Crippen LogP contribution in [-0.4, -0.2) is 52.5 Å². The molecule has 2 atom stereocenters. The minimum absolute atomic E-state index is 0.439. The highest BCUT2D eigenvalue weighted by atomic mass is 32.1. The third-order valence-electron chi connectivity index (χ3n) is 4.50. The van der Waals surface area contributed by atoms with Crippen molar-refractivity contribution in [3.8, 4) is 0 Å². The summed E-state index contributed by atoms with van der Waals surface area (Å²) in [5.41, 5.74) is 1.03. The van der Waals surface area contributed by atoms with Crippen molar-refractivity contribution in [1.29, 1.82) is 0 Å². The second-order valence-corrected chi connectivity index (χ2v) is 7.40. The number of nitrogens with one attached hydrogen (secondary N) is 2. The van der Waals surface area contributed by atoms with Crippen LogP contribution in [0.1, 0.15) is 26.5 Å². The zero-order valence-electron chi connectivity index (χ0n) is 14.3. The molecular formula is C16H26N6S. The molecule has 7 heteroatoms. The summed E-state index contributed by atoms with van der Waals surface area (Å²) in [5.74, 6) is 1.47. The monoisotopic (exact) mass is 334 g/mol. The van der Waals surface area contributed by atoms with Gasteiger partial charge in [0.2, 0.25) is 0 Å². The summed E-state index contributed by atoms with van der Waals surface area (Å²) in [4.78, 5) is 12.5. The molecular weight excluding hydrogens is 308 g/mol. The highest BCUT2D eigenvalue weighted by molar-refractivity contribution is 7.15. The molecule has 1 saturated heterocycles. The molecule has 0 bridgehead atoms. The van der Waals surface area contributed by atoms with E-state index < -0.39 is 0 Å². The summed E-state index contributed by atoms with van der Waals surface area (Å²) in [5, 5.41) is 8.98. The van der Waals surface area contributed by atoms with Gasteiger partial charge in [-0.3, -0.25) is 14.3 Å². The van der Waals surface area contributed by atoms with Crippen LogP contribution in [0, 0.1) is 5.92 Å². The van der Waals surface area contributed by atoms with E-state index >= 15 is 0 Å². The van der Waals surface area contributed by atoms with Gasteiger partial charge in [0.25, 0.3) is 0 Å². The van der Waals surface area contributed by atoms with Crippen LogP contribution in [-0.2, 0) is 6.54 Å². The third kappa shape index (κ3) is 3.67. The van der Waals surface area contributed by atoms with Crippen LogP contribution in [0.15, 0.2) is 22.8 Å². The molecule has 6 nitrogen and oxygen atoms in total. The number of fused-ring (bicyclic) bond motifs is 1. The van der Waals surface area contributed by atoms with Gasteiger partial charge in [-0.05, 0) is 19.8 Å². The molecule has 0 radical (unpaired) electrons. The lowest BCUT2D eigenvalue weighted by Crippen LogP contribution is -2.46. The van der Waals surface area contributed by atoms with Crippen LogP contribution in [0.5, 0.6) is 0 Å². The number of likely N-dealkylation sites (tertiary alicyclic amines) is 1. The first-order valence-corrected chi connectivity index (χ1v) is 9.07. The Morgan fingerprint density at radius 2 is 2.30 bits per heavy atom. The van der Waals surface area contributed by atoms with Crippen LogP contribution < -0.4 is 10.6 Å². The van der Waals surface area contributed by atoms with Crippen molar-refractivity contribution < 1.29 is 0 Å². The SMILES string of the molecule is CN=C(NCc1cn2ccsc2n1)NC1CN(C(C)C)CC1C. The van der Waals surface area contributed by atoms with Gasteiger partial charge in [0.1, 0.15) is 0 Å². The summed E-state index contributed by atoms with van der Waals surface area (Å²) in [7, 11) is 1.82. The molecule has 0 aliphatic carbocycles. The van der Waals surface area contributed by atoms with E-state index in [9.17, 15) is 0 Å². The molecule has 0 amide bonds. The molecule has 3 rings (SSSR count). The second-order valence-electron chi connectivity index (χ2n) is 6.53. The Kier molecular flexibility index (Phi) is 4.87. The molecule has 3 heterocycles. The van der Waals surface area contributed by atoms with Gasteiger partial charge >= 0.3 is 0 Å². The van der Waals surface area contributed by atoms with E-state index in [0.29, 0.717) is 24.5 Å². The fraction of sp³-hybridized carbons (Fsp3) is 0.625. The van der Waals surface area contributed by atoms with Crippen molar-refractivity contribution in [2.75, 3.05) is 20.1 Å². The van der Waals surface area contributed by atoms with Gasteiger partial charge < -0.3 is 10.6 Å². The fourth-order valence-electron chi connectivity index (χ4n) is 3.02. The summed E-state index contributed by atoms with van der Waals surface area (Å²) in [6.45, 7) is 9.71. The number of imidazole rings is 1. The summed E-state index contributed by atoms with van der Waals surface area (Å²) in [6, 6.07) is 1.03. The summed E-state index contributed by atoms with van der Waals surface area (Å²) >= 11 is 1.65. The number of guanidine groups is 1. The first-order valence-electron chi connectivity index (χ1n) is 8.19. The lowest BCUT2D eigenvalue weighted by Gasteiger charge is -2.21. The normalized spacial score (nSPS) is 23.1. The van der Waals surface area contributed by atoms with E-state index in [1.165, 1.54) is 0 Å². The lowest BCUT2D eigenvalue weighted by atomic mass is 10.1. The molecule has 2 unspecified atom stereocenters. The molecule has 2 N–H and O–H groups in total. The smallest absolute Gasteiger partial charge is 0.193 e. The van der Waals surface area contributed by atoms with Gasteiger partial charge in [-0.2, -0.15) is 0 Å². The van der Waals surface area contributed by atoms with Crippen molar-refractivity contribution in [2.24, 2.45) is 10.9 Å². The molecule has 0 aromatic carbocycles. The van der Waals surface area contributed by atoms with E-state index in [1.54, 1.807) is 11.3 Å². The number of rotatable bonds is 4. The Labute approximate surface area is 141 Å². The molecule has 0 saturated carbocycles. The van der Waals surface area contributed by atoms with Crippen LogP contribution in [0.4, 0.5) is 0 Å². The summed E-state index contributed by atoms with van der Waals surface area (Å²) < 4.78 is 2.05. The molecule has 1 fully saturated rings.